The summed E-state index contributed by atoms with van der Waals surface area (Å²) >= 11 is 8.06. The van der Waals surface area contributed by atoms with E-state index in [4.69, 9.17) is 21.1 Å². The van der Waals surface area contributed by atoms with E-state index in [-0.39, 0.29) is 45.5 Å². The molecule has 244 valence electrons. The van der Waals surface area contributed by atoms with Crippen LogP contribution in [-0.4, -0.2) is 41.1 Å². The number of amides is 1. The molecule has 3 heterocycles. The van der Waals surface area contributed by atoms with Gasteiger partial charge in [-0.05, 0) is 75.7 Å². The van der Waals surface area contributed by atoms with E-state index in [1.807, 2.05) is 6.92 Å². The van der Waals surface area contributed by atoms with Gasteiger partial charge in [-0.2, -0.15) is 4.39 Å². The maximum Gasteiger partial charge on any atom is 0.318 e. The number of hydrogen-bond acceptors (Lipinski definition) is 8. The van der Waals surface area contributed by atoms with Crippen molar-refractivity contribution in [2.24, 2.45) is 0 Å². The SMILES string of the molecule is COc1cc(C(=O)NCC(C)(c2cccc(F)c2)c2cc(C(C)(C)O)c(F)c(-c3ccc4c(c3Cl)NC(F)O4)n2)cc2sc(C)nc12. The summed E-state index contributed by atoms with van der Waals surface area (Å²) in [6, 6.07) is 13.4. The number of pyridine rings is 1. The molecule has 0 bridgehead atoms. The summed E-state index contributed by atoms with van der Waals surface area (Å²) in [7, 11) is 1.50. The van der Waals surface area contributed by atoms with Gasteiger partial charge < -0.3 is 25.2 Å². The molecule has 3 aromatic carbocycles. The number of benzene rings is 3. The number of fused-ring (bicyclic) bond motifs is 2. The minimum atomic E-state index is -1.84. The van der Waals surface area contributed by atoms with Gasteiger partial charge in [-0.3, -0.25) is 4.79 Å². The molecule has 1 aliphatic heterocycles. The maximum absolute atomic E-state index is 16.3. The molecule has 6 rings (SSSR count). The summed E-state index contributed by atoms with van der Waals surface area (Å²) in [6.45, 7) is 4.46. The number of hydrogen-bond donors (Lipinski definition) is 3. The van der Waals surface area contributed by atoms with Crippen LogP contribution >= 0.6 is 22.9 Å². The largest absolute Gasteiger partial charge is 0.494 e. The number of nitrogens with zero attached hydrogens (tertiary/aromatic N) is 2. The van der Waals surface area contributed by atoms with Crippen LogP contribution in [0, 0.1) is 18.6 Å². The Kier molecular flexibility index (Phi) is 8.31. The van der Waals surface area contributed by atoms with E-state index in [2.05, 4.69) is 20.6 Å². The molecule has 3 N–H and O–H groups in total. The van der Waals surface area contributed by atoms with Gasteiger partial charge in [0.1, 0.15) is 34.2 Å². The van der Waals surface area contributed by atoms with Crippen molar-refractivity contribution in [3.63, 3.8) is 0 Å². The van der Waals surface area contributed by atoms with Crippen LogP contribution in [0.15, 0.2) is 54.6 Å². The smallest absolute Gasteiger partial charge is 0.318 e. The predicted octanol–water partition coefficient (Wildman–Crippen LogP) is 7.63. The molecule has 0 saturated carbocycles. The monoisotopic (exact) mass is 682 g/mol. The number of anilines is 1. The topological polar surface area (TPSA) is 106 Å². The molecule has 2 atom stereocenters. The highest BCUT2D eigenvalue weighted by Crippen LogP contribution is 2.46. The number of ether oxygens (including phenoxy) is 2. The fourth-order valence-corrected chi connectivity index (χ4v) is 6.78. The molecule has 1 amide bonds. The summed E-state index contributed by atoms with van der Waals surface area (Å²) in [5.74, 6) is -1.26. The first-order valence-electron chi connectivity index (χ1n) is 14.5. The molecule has 1 aliphatic rings. The number of carbonyl (C=O) groups is 1. The number of alkyl halides is 1. The van der Waals surface area contributed by atoms with Crippen molar-refractivity contribution < 1.29 is 32.5 Å². The van der Waals surface area contributed by atoms with Gasteiger partial charge >= 0.3 is 6.48 Å². The van der Waals surface area contributed by atoms with Crippen molar-refractivity contribution in [2.45, 2.75) is 45.2 Å². The molecule has 0 aliphatic carbocycles. The Morgan fingerprint density at radius 1 is 1.15 bits per heavy atom. The highest BCUT2D eigenvalue weighted by molar-refractivity contribution is 7.18. The normalized spacial score (nSPS) is 15.5. The predicted molar refractivity (Wildman–Crippen MR) is 175 cm³/mol. The fraction of sp³-hybridized carbons (Fsp3) is 0.265. The number of rotatable bonds is 8. The van der Waals surface area contributed by atoms with Gasteiger partial charge in [0.25, 0.3) is 5.91 Å². The Morgan fingerprint density at radius 3 is 2.62 bits per heavy atom. The number of nitrogens with one attached hydrogen (secondary N) is 2. The van der Waals surface area contributed by atoms with Gasteiger partial charge in [0, 0.05) is 23.2 Å². The van der Waals surface area contributed by atoms with E-state index in [1.54, 1.807) is 25.1 Å². The minimum Gasteiger partial charge on any atom is -0.494 e. The standard InChI is InChI=1S/C34H30ClF3N4O4S/c1-16-40-29-23(45-5)11-17(12-24(29)47-16)31(43)39-15-34(4,18-7-6-8-19(36)13-18)25-14-21(33(2,3)44)27(37)28(41-25)20-9-10-22-30(26(20)35)42-32(38)46-22/h6-14,32,42,44H,15H2,1-5H3,(H,39,43). The molecule has 47 heavy (non-hydrogen) atoms. The summed E-state index contributed by atoms with van der Waals surface area (Å²) in [4.78, 5) is 22.8. The maximum atomic E-state index is 16.3. The van der Waals surface area contributed by atoms with E-state index >= 15 is 4.39 Å². The van der Waals surface area contributed by atoms with Crippen LogP contribution in [-0.2, 0) is 11.0 Å². The molecular weight excluding hydrogens is 653 g/mol. The average molecular weight is 683 g/mol. The zero-order chi connectivity index (χ0) is 33.8. The number of aromatic nitrogens is 2. The van der Waals surface area contributed by atoms with Gasteiger partial charge in [0.2, 0.25) is 0 Å². The van der Waals surface area contributed by atoms with E-state index in [1.165, 1.54) is 68.7 Å². The second kappa shape index (κ2) is 12.0. The van der Waals surface area contributed by atoms with Crippen LogP contribution in [0.4, 0.5) is 18.9 Å². The first-order chi connectivity index (χ1) is 22.2. The molecule has 5 aromatic rings. The van der Waals surface area contributed by atoms with Crippen LogP contribution in [0.1, 0.15) is 53.0 Å². The van der Waals surface area contributed by atoms with Crippen LogP contribution < -0.4 is 20.1 Å². The molecule has 2 unspecified atom stereocenters. The van der Waals surface area contributed by atoms with E-state index in [0.717, 1.165) is 9.71 Å². The number of methoxy groups -OCH3 is 1. The molecular formula is C34H30ClF3N4O4S. The van der Waals surface area contributed by atoms with Crippen LogP contribution in [0.2, 0.25) is 5.02 Å². The minimum absolute atomic E-state index is 0.0451. The molecule has 0 saturated heterocycles. The van der Waals surface area contributed by atoms with Crippen molar-refractivity contribution in [2.75, 3.05) is 19.0 Å². The van der Waals surface area contributed by atoms with Crippen molar-refractivity contribution in [3.05, 3.63) is 98.6 Å². The number of halogens is 4. The molecule has 13 heteroatoms. The summed E-state index contributed by atoms with van der Waals surface area (Å²) in [6.07, 6.45) is 0. The number of aliphatic hydroxyl groups is 1. The van der Waals surface area contributed by atoms with Gasteiger partial charge in [-0.1, -0.05) is 23.7 Å². The van der Waals surface area contributed by atoms with Gasteiger partial charge in [0.15, 0.2) is 5.82 Å². The van der Waals surface area contributed by atoms with Gasteiger partial charge in [-0.15, -0.1) is 11.3 Å². The third-order valence-electron chi connectivity index (χ3n) is 8.14. The zero-order valence-electron chi connectivity index (χ0n) is 26.0. The molecule has 0 radical (unpaired) electrons. The van der Waals surface area contributed by atoms with Gasteiger partial charge in [0.05, 0.1) is 38.5 Å². The lowest BCUT2D eigenvalue weighted by molar-refractivity contribution is 0.0742. The third-order valence-corrected chi connectivity index (χ3v) is 9.45. The quantitative estimate of drug-likeness (QED) is 0.145. The summed E-state index contributed by atoms with van der Waals surface area (Å²) in [5, 5.41) is 17.2. The lowest BCUT2D eigenvalue weighted by atomic mass is 9.77. The second-order valence-corrected chi connectivity index (χ2v) is 13.6. The lowest BCUT2D eigenvalue weighted by Crippen LogP contribution is -2.41. The molecule has 0 spiro atoms. The Morgan fingerprint density at radius 2 is 1.91 bits per heavy atom. The van der Waals surface area contributed by atoms with E-state index < -0.39 is 35.0 Å². The Bertz CT molecular complexity index is 2050. The number of thiazole rings is 1. The van der Waals surface area contributed by atoms with Crippen molar-refractivity contribution in [1.29, 1.82) is 0 Å². The van der Waals surface area contributed by atoms with E-state index in [9.17, 15) is 18.7 Å². The average Bonchev–Trinajstić information content (AvgIpc) is 3.60. The second-order valence-electron chi connectivity index (χ2n) is 11.9. The van der Waals surface area contributed by atoms with Crippen molar-refractivity contribution >= 4 is 44.7 Å². The van der Waals surface area contributed by atoms with Crippen LogP contribution in [0.5, 0.6) is 11.5 Å². The number of carbonyl (C=O) groups excluding carboxylic acids is 1. The summed E-state index contributed by atoms with van der Waals surface area (Å²) < 4.78 is 56.3. The molecule has 0 fully saturated rings. The Labute approximate surface area is 277 Å². The Hall–Kier alpha value is -4.39. The van der Waals surface area contributed by atoms with Crippen LogP contribution in [0.3, 0.4) is 0 Å². The molecule has 8 nitrogen and oxygen atoms in total. The molecule has 2 aromatic heterocycles. The fourth-order valence-electron chi connectivity index (χ4n) is 5.59. The van der Waals surface area contributed by atoms with Gasteiger partial charge in [-0.25, -0.2) is 18.7 Å². The highest BCUT2D eigenvalue weighted by atomic mass is 35.5. The lowest BCUT2D eigenvalue weighted by Gasteiger charge is -2.32. The van der Waals surface area contributed by atoms with Crippen molar-refractivity contribution in [1.82, 2.24) is 15.3 Å². The van der Waals surface area contributed by atoms with Crippen LogP contribution in [0.25, 0.3) is 21.5 Å². The zero-order valence-corrected chi connectivity index (χ0v) is 27.5. The van der Waals surface area contributed by atoms with E-state index in [0.29, 0.717) is 22.4 Å². The highest BCUT2D eigenvalue weighted by Gasteiger charge is 2.37. The third kappa shape index (κ3) is 5.97. The summed E-state index contributed by atoms with van der Waals surface area (Å²) in [5.41, 5.74) is -1.52. The first kappa shape index (κ1) is 32.5. The van der Waals surface area contributed by atoms with Crippen molar-refractivity contribution in [3.8, 4) is 22.8 Å². The Balaban J connectivity index is 1.48. The number of aryl methyl sites for hydroxylation is 1. The first-order valence-corrected chi connectivity index (χ1v) is 15.7.